The molecule has 3 N–H and O–H groups in total. The van der Waals surface area contributed by atoms with Crippen LogP contribution in [0.1, 0.15) is 16.7 Å². The van der Waals surface area contributed by atoms with Crippen molar-refractivity contribution in [2.24, 2.45) is 0 Å². The maximum Gasteiger partial charge on any atom is 0.290 e. The fraction of sp³-hybridized carbons (Fsp3) is 0.0882. The van der Waals surface area contributed by atoms with E-state index in [1.54, 1.807) is 0 Å². The van der Waals surface area contributed by atoms with E-state index < -0.39 is 0 Å². The van der Waals surface area contributed by atoms with Gasteiger partial charge in [0.25, 0.3) is 5.65 Å². The van der Waals surface area contributed by atoms with Crippen LogP contribution < -0.4 is 10.7 Å². The second-order valence-electron chi connectivity index (χ2n) is 9.80. The Hall–Kier alpha value is -4.63. The summed E-state index contributed by atoms with van der Waals surface area (Å²) >= 11 is 0. The number of nitrogens with one attached hydrogen (secondary N) is 1. The predicted octanol–water partition coefficient (Wildman–Crippen LogP) is 7.19. The second kappa shape index (κ2) is 8.79. The molecule has 178 valence electrons. The Morgan fingerprint density at radius 1 is 0.676 bits per heavy atom. The van der Waals surface area contributed by atoms with E-state index in [2.05, 4.69) is 125 Å². The maximum absolute atomic E-state index is 7.16. The molecule has 0 saturated carbocycles. The lowest BCUT2D eigenvalue weighted by Crippen LogP contribution is -2.21. The van der Waals surface area contributed by atoms with Crippen LogP contribution in [0.5, 0.6) is 0 Å². The second-order valence-corrected chi connectivity index (χ2v) is 9.80. The summed E-state index contributed by atoms with van der Waals surface area (Å²) in [7, 11) is 0. The van der Waals surface area contributed by atoms with Gasteiger partial charge >= 0.3 is 0 Å². The molecule has 1 aliphatic rings. The van der Waals surface area contributed by atoms with Crippen molar-refractivity contribution in [2.45, 2.75) is 19.4 Å². The van der Waals surface area contributed by atoms with E-state index in [4.69, 9.17) is 5.73 Å². The molecule has 7 rings (SSSR count). The number of nitrogen functional groups attached to an aromatic ring is 1. The van der Waals surface area contributed by atoms with Gasteiger partial charge in [-0.25, -0.2) is 9.55 Å². The lowest BCUT2D eigenvalue weighted by molar-refractivity contribution is -0.336. The fourth-order valence-corrected chi connectivity index (χ4v) is 5.93. The third kappa shape index (κ3) is 3.54. The Bertz CT molecular complexity index is 1730. The summed E-state index contributed by atoms with van der Waals surface area (Å²) < 4.78 is 2.43. The minimum absolute atomic E-state index is 0.741. The zero-order chi connectivity index (χ0) is 24.8. The largest absolute Gasteiger partial charge is 0.398 e. The van der Waals surface area contributed by atoms with Crippen molar-refractivity contribution in [3.05, 3.63) is 132 Å². The molecule has 3 heteroatoms. The van der Waals surface area contributed by atoms with E-state index in [-0.39, 0.29) is 0 Å². The third-order valence-corrected chi connectivity index (χ3v) is 7.63. The smallest absolute Gasteiger partial charge is 0.290 e. The summed E-state index contributed by atoms with van der Waals surface area (Å²) in [6, 6.07) is 40.8. The summed E-state index contributed by atoms with van der Waals surface area (Å²) in [5.41, 5.74) is 20.1. The van der Waals surface area contributed by atoms with Crippen molar-refractivity contribution < 1.29 is 4.98 Å². The zero-order valence-corrected chi connectivity index (χ0v) is 20.6. The van der Waals surface area contributed by atoms with Crippen molar-refractivity contribution in [3.8, 4) is 33.6 Å². The van der Waals surface area contributed by atoms with Crippen molar-refractivity contribution in [2.75, 3.05) is 5.73 Å². The zero-order valence-electron chi connectivity index (χ0n) is 20.6. The Kier molecular flexibility index (Phi) is 5.14. The average Bonchev–Trinajstić information content (AvgIpc) is 3.28. The number of rotatable bonds is 4. The first kappa shape index (κ1) is 21.6. The molecule has 2 aromatic heterocycles. The van der Waals surface area contributed by atoms with Crippen LogP contribution in [-0.4, -0.2) is 4.57 Å². The van der Waals surface area contributed by atoms with Gasteiger partial charge in [0, 0.05) is 22.3 Å². The minimum atomic E-state index is 0.741. The number of aromatic amines is 1. The van der Waals surface area contributed by atoms with Crippen LogP contribution in [0.15, 0.2) is 115 Å². The van der Waals surface area contributed by atoms with E-state index in [1.165, 1.54) is 44.6 Å². The van der Waals surface area contributed by atoms with Gasteiger partial charge < -0.3 is 5.73 Å². The summed E-state index contributed by atoms with van der Waals surface area (Å²) in [4.78, 5) is 3.92. The van der Waals surface area contributed by atoms with Crippen LogP contribution in [0.25, 0.3) is 44.7 Å². The molecular weight excluding hydrogens is 450 g/mol. The molecule has 0 aliphatic heterocycles. The van der Waals surface area contributed by atoms with Gasteiger partial charge in [0.1, 0.15) is 17.9 Å². The highest BCUT2D eigenvalue weighted by Gasteiger charge is 2.32. The highest BCUT2D eigenvalue weighted by molar-refractivity contribution is 6.09. The van der Waals surface area contributed by atoms with Crippen molar-refractivity contribution in [1.29, 1.82) is 0 Å². The van der Waals surface area contributed by atoms with Gasteiger partial charge in [-0.1, -0.05) is 115 Å². The monoisotopic (exact) mass is 478 g/mol. The molecule has 0 spiro atoms. The van der Waals surface area contributed by atoms with E-state index in [0.717, 1.165) is 41.8 Å². The molecule has 0 fully saturated rings. The minimum Gasteiger partial charge on any atom is -0.398 e. The molecule has 0 atom stereocenters. The van der Waals surface area contributed by atoms with Gasteiger partial charge in [0.2, 0.25) is 0 Å². The third-order valence-electron chi connectivity index (χ3n) is 7.63. The van der Waals surface area contributed by atoms with E-state index in [9.17, 15) is 0 Å². The molecule has 3 nitrogen and oxygen atoms in total. The van der Waals surface area contributed by atoms with E-state index in [1.807, 2.05) is 0 Å². The van der Waals surface area contributed by atoms with Gasteiger partial charge in [-0.2, -0.15) is 0 Å². The van der Waals surface area contributed by atoms with Crippen LogP contribution in [0.2, 0.25) is 0 Å². The fourth-order valence-electron chi connectivity index (χ4n) is 5.93. The number of H-pyrrole nitrogens is 1. The van der Waals surface area contributed by atoms with Crippen LogP contribution in [0, 0.1) is 0 Å². The number of aromatic nitrogens is 2. The number of nitrogens with two attached hydrogens (primary N) is 1. The number of pyridine rings is 1. The summed E-state index contributed by atoms with van der Waals surface area (Å²) in [5.74, 6) is 0. The molecule has 0 unspecified atom stereocenters. The van der Waals surface area contributed by atoms with E-state index >= 15 is 0 Å². The number of benzene rings is 4. The van der Waals surface area contributed by atoms with Crippen molar-refractivity contribution in [3.63, 3.8) is 0 Å². The van der Waals surface area contributed by atoms with Gasteiger partial charge in [-0.3, -0.25) is 0 Å². The van der Waals surface area contributed by atoms with Crippen molar-refractivity contribution >= 4 is 16.7 Å². The summed E-state index contributed by atoms with van der Waals surface area (Å²) in [6.45, 7) is 0.741. The lowest BCUT2D eigenvalue weighted by Gasteiger charge is -2.19. The Morgan fingerprint density at radius 3 is 2.03 bits per heavy atom. The van der Waals surface area contributed by atoms with E-state index in [0.29, 0.717) is 0 Å². The number of hydrogen-bond acceptors (Lipinski definition) is 1. The predicted molar refractivity (Wildman–Crippen MR) is 152 cm³/mol. The quantitative estimate of drug-likeness (QED) is 0.286. The summed E-state index contributed by atoms with van der Waals surface area (Å²) in [5, 5.41) is 1.11. The Labute approximate surface area is 216 Å². The first-order valence-corrected chi connectivity index (χ1v) is 12.9. The molecule has 37 heavy (non-hydrogen) atoms. The van der Waals surface area contributed by atoms with Gasteiger partial charge in [-0.15, -0.1) is 0 Å². The number of fused-ring (bicyclic) bond motifs is 4. The van der Waals surface area contributed by atoms with Crippen LogP contribution in [-0.2, 0) is 19.4 Å². The van der Waals surface area contributed by atoms with Gasteiger partial charge in [0.15, 0.2) is 0 Å². The molecular formula is C34H28N3+. The maximum atomic E-state index is 7.16. The topological polar surface area (TPSA) is 45.1 Å². The highest BCUT2D eigenvalue weighted by Crippen LogP contribution is 2.45. The molecule has 0 bridgehead atoms. The molecule has 0 radical (unpaired) electrons. The number of anilines is 1. The first-order chi connectivity index (χ1) is 18.3. The Morgan fingerprint density at radius 2 is 1.30 bits per heavy atom. The standard InChI is InChI=1S/C34H27N3/c35-31-28-21-20-24-14-10-11-19-27(24)32(28)36-34-30(31)29(25-15-6-2-7-16-25)33(26-17-8-3-9-18-26)37(34)22-23-12-4-1-5-13-23/h1-19H,20-22H2,(H2,35,36)/p+1. The SMILES string of the molecule is Nc1c2c([nH+]c3c1c(-c1ccccc1)c(-c1ccccc1)n3Cc1ccccc1)-c1ccccc1CC2. The van der Waals surface area contributed by atoms with Crippen molar-refractivity contribution in [1.82, 2.24) is 4.57 Å². The van der Waals surface area contributed by atoms with Gasteiger partial charge in [-0.05, 0) is 29.5 Å². The number of hydrogen-bond donors (Lipinski definition) is 1. The summed E-state index contributed by atoms with van der Waals surface area (Å²) in [6.07, 6.45) is 1.94. The molecule has 0 amide bonds. The van der Waals surface area contributed by atoms with Crippen LogP contribution in [0.3, 0.4) is 0 Å². The molecule has 2 heterocycles. The van der Waals surface area contributed by atoms with Crippen LogP contribution in [0.4, 0.5) is 5.69 Å². The Balaban J connectivity index is 1.63. The van der Waals surface area contributed by atoms with Gasteiger partial charge in [0.05, 0.1) is 11.1 Å². The molecule has 1 aliphatic carbocycles. The lowest BCUT2D eigenvalue weighted by atomic mass is 9.87. The highest BCUT2D eigenvalue weighted by atomic mass is 15.1. The van der Waals surface area contributed by atoms with Crippen LogP contribution >= 0.6 is 0 Å². The number of nitrogens with zero attached hydrogens (tertiary/aromatic N) is 1. The number of aryl methyl sites for hydroxylation is 1. The molecule has 6 aromatic rings. The normalized spacial score (nSPS) is 12.3. The first-order valence-electron chi connectivity index (χ1n) is 12.9. The molecule has 4 aromatic carbocycles. The molecule has 0 saturated heterocycles. The average molecular weight is 479 g/mol.